The summed E-state index contributed by atoms with van der Waals surface area (Å²) >= 11 is 0. The Labute approximate surface area is 167 Å². The Bertz CT molecular complexity index is 461. The molecule has 28 heavy (non-hydrogen) atoms. The van der Waals surface area contributed by atoms with Gasteiger partial charge in [0.05, 0.1) is 6.61 Å². The van der Waals surface area contributed by atoms with Crippen LogP contribution in [0.3, 0.4) is 0 Å². The number of carbonyl (C=O) groups is 2. The minimum Gasteiger partial charge on any atom is -0.449 e. The van der Waals surface area contributed by atoms with Crippen molar-refractivity contribution in [3.05, 3.63) is 0 Å². The highest BCUT2D eigenvalue weighted by Gasteiger charge is 2.32. The number of hydrogen-bond donors (Lipinski definition) is 3. The zero-order valence-electron chi connectivity index (χ0n) is 16.9. The zero-order chi connectivity index (χ0) is 21.1. The largest absolute Gasteiger partial charge is 0.556 e. The molecule has 0 heterocycles. The molecule has 0 aromatic carbocycles. The molecule has 0 fully saturated rings. The minimum absolute atomic E-state index is 0.114. The number of amides is 1. The van der Waals surface area contributed by atoms with Gasteiger partial charge in [0.2, 0.25) is 5.91 Å². The highest BCUT2D eigenvalue weighted by atomic mass is 31.2. The van der Waals surface area contributed by atoms with Crippen LogP contribution in [0.4, 0.5) is 4.79 Å². The quantitative estimate of drug-likeness (QED) is 0.151. The lowest BCUT2D eigenvalue weighted by molar-refractivity contribution is -0.129. The van der Waals surface area contributed by atoms with E-state index in [-0.39, 0.29) is 26.1 Å². The lowest BCUT2D eigenvalue weighted by Crippen LogP contribution is -2.24. The fourth-order valence-electron chi connectivity index (χ4n) is 2.52. The maximum atomic E-state index is 12.0. The molecule has 0 aromatic rings. The van der Waals surface area contributed by atoms with E-state index in [1.54, 1.807) is 0 Å². The minimum atomic E-state index is -4.47. The molecule has 1 amide bonds. The van der Waals surface area contributed by atoms with E-state index in [0.29, 0.717) is 6.42 Å². The van der Waals surface area contributed by atoms with Gasteiger partial charge in [-0.2, -0.15) is 4.62 Å². The van der Waals surface area contributed by atoms with E-state index in [1.165, 1.54) is 44.9 Å². The Morgan fingerprint density at radius 1 is 0.893 bits per heavy atom. The predicted molar refractivity (Wildman–Crippen MR) is 105 cm³/mol. The summed E-state index contributed by atoms with van der Waals surface area (Å²) in [4.78, 5) is 22.3. The molecule has 0 saturated heterocycles. The van der Waals surface area contributed by atoms with Crippen LogP contribution in [0.5, 0.6) is 0 Å². The number of nitrogens with one attached hydrogen (secondary N) is 1. The highest BCUT2D eigenvalue weighted by Crippen LogP contribution is 2.48. The molecule has 0 radical (unpaired) electrons. The lowest BCUT2D eigenvalue weighted by atomic mass is 10.1. The van der Waals surface area contributed by atoms with Crippen LogP contribution in [0, 0.1) is 0 Å². The lowest BCUT2D eigenvalue weighted by Gasteiger charge is -2.15. The molecule has 0 spiro atoms. The molecule has 0 aliphatic heterocycles. The summed E-state index contributed by atoms with van der Waals surface area (Å²) in [5, 5.41) is 17.2. The van der Waals surface area contributed by atoms with Crippen molar-refractivity contribution in [1.29, 1.82) is 0 Å². The second kappa shape index (κ2) is 17.9. The van der Waals surface area contributed by atoms with E-state index in [9.17, 15) is 14.2 Å². The van der Waals surface area contributed by atoms with Gasteiger partial charge in [0.25, 0.3) is 0 Å². The van der Waals surface area contributed by atoms with Crippen molar-refractivity contribution in [2.45, 2.75) is 90.4 Å². The van der Waals surface area contributed by atoms with Gasteiger partial charge < -0.3 is 14.7 Å². The maximum Gasteiger partial charge on any atom is 0.556 e. The number of phosphoric acid groups is 1. The molecule has 0 aromatic heterocycles. The summed E-state index contributed by atoms with van der Waals surface area (Å²) in [6, 6.07) is 0. The smallest absolute Gasteiger partial charge is 0.449 e. The number of hydrogen-bond acceptors (Lipinski definition) is 7. The Balaban J connectivity index is 3.77. The number of hydroxylamine groups is 1. The Morgan fingerprint density at radius 3 is 1.93 bits per heavy atom. The summed E-state index contributed by atoms with van der Waals surface area (Å²) in [5.74, 6) is -0.532. The monoisotopic (exact) mass is 425 g/mol. The fraction of sp³-hybridized carbons (Fsp3) is 0.889. The van der Waals surface area contributed by atoms with E-state index in [2.05, 4.69) is 16.1 Å². The highest BCUT2D eigenvalue weighted by molar-refractivity contribution is 7.49. The topological polar surface area (TPSA) is 131 Å². The molecule has 9 nitrogen and oxygen atoms in total. The number of aliphatic hydroxyl groups excluding tert-OH is 1. The summed E-state index contributed by atoms with van der Waals surface area (Å²) < 4.78 is 25.3. The molecule has 1 unspecified atom stereocenters. The van der Waals surface area contributed by atoms with E-state index in [0.717, 1.165) is 19.3 Å². The van der Waals surface area contributed by atoms with Crippen molar-refractivity contribution in [2.75, 3.05) is 13.2 Å². The van der Waals surface area contributed by atoms with Crippen molar-refractivity contribution >= 4 is 19.9 Å². The SMILES string of the molecule is CCCCCCCCCCCCCC(=O)NOP(=O)(OCCCO)OC(=O)O. The van der Waals surface area contributed by atoms with Crippen molar-refractivity contribution in [2.24, 2.45) is 0 Å². The first kappa shape index (κ1) is 26.9. The molecule has 0 saturated carbocycles. The van der Waals surface area contributed by atoms with Crippen molar-refractivity contribution in [3.63, 3.8) is 0 Å². The number of phosphoric ester groups is 1. The first-order valence-corrected chi connectivity index (χ1v) is 11.6. The van der Waals surface area contributed by atoms with Gasteiger partial charge in [-0.3, -0.25) is 9.32 Å². The van der Waals surface area contributed by atoms with E-state index in [1.807, 2.05) is 5.48 Å². The second-order valence-corrected chi connectivity index (χ2v) is 8.13. The summed E-state index contributed by atoms with van der Waals surface area (Å²) in [6.07, 6.45) is 11.2. The number of carboxylic acid groups (broad SMARTS) is 1. The third-order valence-electron chi connectivity index (χ3n) is 4.02. The van der Waals surface area contributed by atoms with Crippen LogP contribution in [-0.2, 0) is 23.0 Å². The molecule has 3 N–H and O–H groups in total. The Morgan fingerprint density at radius 2 is 1.43 bits per heavy atom. The van der Waals surface area contributed by atoms with Crippen LogP contribution in [-0.4, -0.2) is 35.5 Å². The van der Waals surface area contributed by atoms with Gasteiger partial charge in [-0.05, 0) is 12.8 Å². The van der Waals surface area contributed by atoms with Crippen LogP contribution >= 0.6 is 7.82 Å². The number of unbranched alkanes of at least 4 members (excludes halogenated alkanes) is 10. The van der Waals surface area contributed by atoms with Crippen LogP contribution < -0.4 is 5.48 Å². The first-order valence-electron chi connectivity index (χ1n) is 10.2. The third kappa shape index (κ3) is 17.0. The second-order valence-electron chi connectivity index (χ2n) is 6.62. The van der Waals surface area contributed by atoms with Crippen molar-refractivity contribution < 1.29 is 38.0 Å². The first-order chi connectivity index (χ1) is 13.4. The summed E-state index contributed by atoms with van der Waals surface area (Å²) in [6.45, 7) is 1.73. The van der Waals surface area contributed by atoms with Gasteiger partial charge in [0.15, 0.2) is 0 Å². The molecule has 166 valence electrons. The predicted octanol–water partition coefficient (Wildman–Crippen LogP) is 4.94. The standard InChI is InChI=1S/C18H36NO8P/c1-2-3-4-5-6-7-8-9-10-11-12-14-17(21)19-27-28(24,26-18(22)23)25-16-13-15-20/h20H,2-16H2,1H3,(H,19,21)(H,22,23). The molecular formula is C18H36NO8P. The maximum absolute atomic E-state index is 12.0. The van der Waals surface area contributed by atoms with Gasteiger partial charge in [-0.1, -0.05) is 71.1 Å². The summed E-state index contributed by atoms with van der Waals surface area (Å²) in [7, 11) is -4.47. The van der Waals surface area contributed by atoms with Gasteiger partial charge >= 0.3 is 14.0 Å². The molecular weight excluding hydrogens is 389 g/mol. The van der Waals surface area contributed by atoms with Gasteiger partial charge in [0.1, 0.15) is 0 Å². The molecule has 0 aliphatic carbocycles. The Hall–Kier alpha value is -1.15. The van der Waals surface area contributed by atoms with Crippen LogP contribution in [0.2, 0.25) is 0 Å². The number of aliphatic hydroxyl groups is 1. The average Bonchev–Trinajstić information content (AvgIpc) is 2.64. The van der Waals surface area contributed by atoms with E-state index in [4.69, 9.17) is 14.7 Å². The normalized spacial score (nSPS) is 13.1. The average molecular weight is 425 g/mol. The molecule has 1 atom stereocenters. The molecule has 0 aliphatic rings. The Kier molecular flexibility index (Phi) is 17.2. The van der Waals surface area contributed by atoms with Crippen molar-refractivity contribution in [3.8, 4) is 0 Å². The van der Waals surface area contributed by atoms with Crippen LogP contribution in [0.25, 0.3) is 0 Å². The van der Waals surface area contributed by atoms with Crippen LogP contribution in [0.15, 0.2) is 0 Å². The third-order valence-corrected chi connectivity index (χ3v) is 5.21. The molecule has 10 heteroatoms. The zero-order valence-corrected chi connectivity index (χ0v) is 17.8. The molecule has 0 rings (SSSR count). The van der Waals surface area contributed by atoms with Gasteiger partial charge in [-0.25, -0.2) is 14.8 Å². The fourth-order valence-corrected chi connectivity index (χ4v) is 3.42. The molecule has 0 bridgehead atoms. The van der Waals surface area contributed by atoms with Gasteiger partial charge in [-0.15, -0.1) is 0 Å². The number of rotatable bonds is 19. The number of carbonyl (C=O) groups excluding carboxylic acids is 1. The van der Waals surface area contributed by atoms with Crippen molar-refractivity contribution in [1.82, 2.24) is 5.48 Å². The van der Waals surface area contributed by atoms with Gasteiger partial charge in [0, 0.05) is 13.0 Å². The van der Waals surface area contributed by atoms with Crippen LogP contribution in [0.1, 0.15) is 90.4 Å². The van der Waals surface area contributed by atoms with E-state index < -0.39 is 19.9 Å². The van der Waals surface area contributed by atoms with E-state index >= 15 is 0 Å². The summed E-state index contributed by atoms with van der Waals surface area (Å²) in [5.41, 5.74) is 1.91.